The number of amides is 1. The molecule has 0 aliphatic heterocycles. The van der Waals surface area contributed by atoms with Crippen molar-refractivity contribution in [2.24, 2.45) is 0 Å². The number of hydrogen-bond donors (Lipinski definition) is 2. The van der Waals surface area contributed by atoms with Gasteiger partial charge in [-0.15, -0.1) is 0 Å². The van der Waals surface area contributed by atoms with E-state index in [-0.39, 0.29) is 4.90 Å². The Bertz CT molecular complexity index is 923. The van der Waals surface area contributed by atoms with E-state index in [0.29, 0.717) is 17.0 Å². The molecule has 0 bridgehead atoms. The van der Waals surface area contributed by atoms with Crippen LogP contribution in [0.15, 0.2) is 41.3 Å². The first-order valence-corrected chi connectivity index (χ1v) is 9.67. The van der Waals surface area contributed by atoms with Gasteiger partial charge in [0.15, 0.2) is 0 Å². The fraction of sp³-hybridized carbons (Fsp3) is 0.316. The summed E-state index contributed by atoms with van der Waals surface area (Å²) >= 11 is 0. The molecule has 0 aliphatic rings. The Hall–Kier alpha value is -2.38. The largest absolute Gasteiger partial charge is 0.496 e. The summed E-state index contributed by atoms with van der Waals surface area (Å²) in [6.45, 7) is 7.19. The normalized spacial score (nSPS) is 12.5. The molecule has 2 rings (SSSR count). The monoisotopic (exact) mass is 376 g/mol. The van der Waals surface area contributed by atoms with E-state index in [0.717, 1.165) is 11.1 Å². The molecule has 0 spiro atoms. The third kappa shape index (κ3) is 4.62. The number of carbonyl (C=O) groups excluding carboxylic acids is 1. The maximum Gasteiger partial charge on any atom is 0.242 e. The minimum atomic E-state index is -3.83. The minimum absolute atomic E-state index is 0.0848. The first-order valence-electron chi connectivity index (χ1n) is 8.19. The zero-order valence-electron chi connectivity index (χ0n) is 15.6. The lowest BCUT2D eigenvalue weighted by Gasteiger charge is -2.16. The number of carbonyl (C=O) groups is 1. The van der Waals surface area contributed by atoms with Gasteiger partial charge in [-0.3, -0.25) is 4.79 Å². The summed E-state index contributed by atoms with van der Waals surface area (Å²) in [4.78, 5) is 12.4. The molecule has 0 fully saturated rings. The number of anilines is 1. The topological polar surface area (TPSA) is 84.5 Å². The van der Waals surface area contributed by atoms with Gasteiger partial charge in [0.2, 0.25) is 15.9 Å². The molecule has 2 aromatic rings. The second-order valence-corrected chi connectivity index (χ2v) is 7.98. The van der Waals surface area contributed by atoms with E-state index in [1.165, 1.54) is 26.2 Å². The molecule has 2 aromatic carbocycles. The van der Waals surface area contributed by atoms with Crippen LogP contribution < -0.4 is 14.8 Å². The standard InChI is InChI=1S/C19H24N2O4S/c1-12-6-7-16(10-13(12)2)20-19(22)15(4)21-26(23,24)17-8-9-18(25-5)14(3)11-17/h6-11,15,21H,1-5H3,(H,20,22)/t15-/m1/s1. The van der Waals surface area contributed by atoms with Crippen molar-refractivity contribution < 1.29 is 17.9 Å². The van der Waals surface area contributed by atoms with Crippen LogP contribution in [-0.2, 0) is 14.8 Å². The van der Waals surface area contributed by atoms with Crippen LogP contribution in [0.4, 0.5) is 5.69 Å². The Morgan fingerprint density at radius 3 is 2.27 bits per heavy atom. The molecule has 140 valence electrons. The molecule has 0 radical (unpaired) electrons. The van der Waals surface area contributed by atoms with Gasteiger partial charge in [0.1, 0.15) is 5.75 Å². The average molecular weight is 376 g/mol. The van der Waals surface area contributed by atoms with E-state index in [4.69, 9.17) is 4.74 Å². The number of hydrogen-bond acceptors (Lipinski definition) is 4. The molecule has 0 saturated heterocycles. The molecule has 6 nitrogen and oxygen atoms in total. The summed E-state index contributed by atoms with van der Waals surface area (Å²) in [6.07, 6.45) is 0. The van der Waals surface area contributed by atoms with Gasteiger partial charge >= 0.3 is 0 Å². The van der Waals surface area contributed by atoms with Crippen molar-refractivity contribution in [3.8, 4) is 5.75 Å². The Morgan fingerprint density at radius 2 is 1.69 bits per heavy atom. The Labute approximate surface area is 154 Å². The highest BCUT2D eigenvalue weighted by molar-refractivity contribution is 7.89. The highest BCUT2D eigenvalue weighted by Crippen LogP contribution is 2.21. The summed E-state index contributed by atoms with van der Waals surface area (Å²) in [6, 6.07) is 9.15. The van der Waals surface area contributed by atoms with E-state index >= 15 is 0 Å². The van der Waals surface area contributed by atoms with Gasteiger partial charge in [0, 0.05) is 5.69 Å². The molecule has 7 heteroatoms. The van der Waals surface area contributed by atoms with Gasteiger partial charge in [0.05, 0.1) is 18.0 Å². The number of ether oxygens (including phenoxy) is 1. The SMILES string of the molecule is COc1ccc(S(=O)(=O)N[C@H](C)C(=O)Nc2ccc(C)c(C)c2)cc1C. The van der Waals surface area contributed by atoms with Crippen molar-refractivity contribution >= 4 is 21.6 Å². The van der Waals surface area contributed by atoms with Crippen molar-refractivity contribution in [2.75, 3.05) is 12.4 Å². The molecule has 2 N–H and O–H groups in total. The summed E-state index contributed by atoms with van der Waals surface area (Å²) in [7, 11) is -2.30. The number of nitrogens with one attached hydrogen (secondary N) is 2. The van der Waals surface area contributed by atoms with E-state index < -0.39 is 22.0 Å². The number of methoxy groups -OCH3 is 1. The Kier molecular flexibility index (Phi) is 6.05. The first-order chi connectivity index (χ1) is 12.1. The van der Waals surface area contributed by atoms with Gasteiger partial charge in [-0.25, -0.2) is 8.42 Å². The molecule has 0 saturated carbocycles. The van der Waals surface area contributed by atoms with Crippen LogP contribution in [0.25, 0.3) is 0 Å². The predicted molar refractivity (Wildman–Crippen MR) is 102 cm³/mol. The van der Waals surface area contributed by atoms with Crippen molar-refractivity contribution in [2.45, 2.75) is 38.6 Å². The third-order valence-corrected chi connectivity index (χ3v) is 5.71. The summed E-state index contributed by atoms with van der Waals surface area (Å²) in [5, 5.41) is 2.73. The van der Waals surface area contributed by atoms with Crippen LogP contribution >= 0.6 is 0 Å². The molecule has 1 amide bonds. The van der Waals surface area contributed by atoms with E-state index in [1.807, 2.05) is 26.0 Å². The van der Waals surface area contributed by atoms with Crippen molar-refractivity contribution in [1.29, 1.82) is 0 Å². The second-order valence-electron chi connectivity index (χ2n) is 6.26. The third-order valence-electron chi connectivity index (χ3n) is 4.18. The van der Waals surface area contributed by atoms with Crippen LogP contribution in [0.3, 0.4) is 0 Å². The van der Waals surface area contributed by atoms with Gasteiger partial charge in [-0.05, 0) is 74.7 Å². The van der Waals surface area contributed by atoms with Gasteiger partial charge in [-0.2, -0.15) is 4.72 Å². The maximum atomic E-state index is 12.5. The van der Waals surface area contributed by atoms with Crippen LogP contribution in [0.5, 0.6) is 5.75 Å². The van der Waals surface area contributed by atoms with Crippen LogP contribution in [0.1, 0.15) is 23.6 Å². The molecular weight excluding hydrogens is 352 g/mol. The molecule has 0 heterocycles. The lowest BCUT2D eigenvalue weighted by molar-refractivity contribution is -0.117. The van der Waals surface area contributed by atoms with E-state index in [9.17, 15) is 13.2 Å². The van der Waals surface area contributed by atoms with Crippen molar-refractivity contribution in [3.05, 3.63) is 53.1 Å². The maximum absolute atomic E-state index is 12.5. The summed E-state index contributed by atoms with van der Waals surface area (Å²) in [5.74, 6) is 0.173. The van der Waals surface area contributed by atoms with Gasteiger partial charge < -0.3 is 10.1 Å². The van der Waals surface area contributed by atoms with Crippen molar-refractivity contribution in [3.63, 3.8) is 0 Å². The van der Waals surface area contributed by atoms with Crippen molar-refractivity contribution in [1.82, 2.24) is 4.72 Å². The number of aryl methyl sites for hydroxylation is 3. The van der Waals surface area contributed by atoms with E-state index in [2.05, 4.69) is 10.0 Å². The molecule has 0 aromatic heterocycles. The van der Waals surface area contributed by atoms with Gasteiger partial charge in [0.25, 0.3) is 0 Å². The molecule has 26 heavy (non-hydrogen) atoms. The minimum Gasteiger partial charge on any atom is -0.496 e. The molecule has 0 aliphatic carbocycles. The Balaban J connectivity index is 2.11. The van der Waals surface area contributed by atoms with Crippen LogP contribution in [-0.4, -0.2) is 27.5 Å². The first kappa shape index (κ1) is 19.9. The summed E-state index contributed by atoms with van der Waals surface area (Å²) < 4.78 is 32.6. The fourth-order valence-corrected chi connectivity index (χ4v) is 3.73. The van der Waals surface area contributed by atoms with Gasteiger partial charge in [-0.1, -0.05) is 6.07 Å². The lowest BCUT2D eigenvalue weighted by atomic mass is 10.1. The summed E-state index contributed by atoms with van der Waals surface area (Å²) in [5.41, 5.74) is 3.49. The van der Waals surface area contributed by atoms with E-state index in [1.54, 1.807) is 19.1 Å². The molecule has 0 unspecified atom stereocenters. The highest BCUT2D eigenvalue weighted by atomic mass is 32.2. The predicted octanol–water partition coefficient (Wildman–Crippen LogP) is 2.93. The number of sulfonamides is 1. The zero-order chi connectivity index (χ0) is 19.5. The molecular formula is C19H24N2O4S. The zero-order valence-corrected chi connectivity index (χ0v) is 16.4. The average Bonchev–Trinajstić information content (AvgIpc) is 2.57. The second kappa shape index (κ2) is 7.88. The van der Waals surface area contributed by atoms with Crippen LogP contribution in [0.2, 0.25) is 0 Å². The fourth-order valence-electron chi connectivity index (χ4n) is 2.44. The lowest BCUT2D eigenvalue weighted by Crippen LogP contribution is -2.41. The smallest absolute Gasteiger partial charge is 0.242 e. The van der Waals surface area contributed by atoms with Crippen LogP contribution in [0, 0.1) is 20.8 Å². The molecule has 1 atom stereocenters. The number of rotatable bonds is 6. The number of benzene rings is 2. The highest BCUT2D eigenvalue weighted by Gasteiger charge is 2.22. The quantitative estimate of drug-likeness (QED) is 0.812. The Morgan fingerprint density at radius 1 is 1.00 bits per heavy atom.